The van der Waals surface area contributed by atoms with Crippen molar-refractivity contribution in [3.63, 3.8) is 0 Å². The van der Waals surface area contributed by atoms with Gasteiger partial charge in [0.25, 0.3) is 0 Å². The Morgan fingerprint density at radius 1 is 1.62 bits per heavy atom. The summed E-state index contributed by atoms with van der Waals surface area (Å²) in [6, 6.07) is 1.76. The number of nitrogens with zero attached hydrogens (tertiary/aromatic N) is 1. The van der Waals surface area contributed by atoms with Crippen molar-refractivity contribution < 1.29 is 5.11 Å². The fraction of sp³-hybridized carbons (Fsp3) is 0.125. The maximum Gasteiger partial charge on any atom is 0.181 e. The fourth-order valence-electron chi connectivity index (χ4n) is 1.13. The first-order valence-electron chi connectivity index (χ1n) is 3.63. The fourth-order valence-corrected chi connectivity index (χ4v) is 2.17. The number of fused-ring (bicyclic) bond motifs is 1. The van der Waals surface area contributed by atoms with Crippen molar-refractivity contribution in [2.75, 3.05) is 5.73 Å². The van der Waals surface area contributed by atoms with Crippen LogP contribution in [0.3, 0.4) is 0 Å². The molecule has 0 saturated heterocycles. The van der Waals surface area contributed by atoms with Gasteiger partial charge in [0.2, 0.25) is 0 Å². The van der Waals surface area contributed by atoms with E-state index in [4.69, 9.17) is 17.3 Å². The van der Waals surface area contributed by atoms with E-state index in [0.717, 1.165) is 4.70 Å². The molecule has 3 nitrogen and oxygen atoms in total. The van der Waals surface area contributed by atoms with E-state index in [0.29, 0.717) is 21.2 Å². The molecule has 0 unspecified atom stereocenters. The highest BCUT2D eigenvalue weighted by atomic mass is 35.5. The second-order valence-corrected chi connectivity index (χ2v) is 4.20. The van der Waals surface area contributed by atoms with E-state index < -0.39 is 0 Å². The van der Waals surface area contributed by atoms with E-state index in [1.807, 2.05) is 0 Å². The van der Waals surface area contributed by atoms with Crippen LogP contribution in [0.1, 0.15) is 5.56 Å². The van der Waals surface area contributed by atoms with Gasteiger partial charge in [-0.2, -0.15) is 0 Å². The van der Waals surface area contributed by atoms with Gasteiger partial charge in [0.1, 0.15) is 11.3 Å². The minimum Gasteiger partial charge on any atom is -0.505 e. The van der Waals surface area contributed by atoms with Crippen LogP contribution in [0.15, 0.2) is 6.07 Å². The Labute approximate surface area is 83.8 Å². The number of benzene rings is 1. The highest BCUT2D eigenvalue weighted by Crippen LogP contribution is 2.36. The number of thiazole rings is 1. The van der Waals surface area contributed by atoms with Crippen LogP contribution in [-0.2, 0) is 0 Å². The van der Waals surface area contributed by atoms with Crippen LogP contribution < -0.4 is 5.73 Å². The molecule has 0 aliphatic rings. The second kappa shape index (κ2) is 2.75. The number of aromatic nitrogens is 1. The van der Waals surface area contributed by atoms with Crippen molar-refractivity contribution in [2.45, 2.75) is 6.92 Å². The van der Waals surface area contributed by atoms with E-state index in [1.54, 1.807) is 13.0 Å². The van der Waals surface area contributed by atoms with Gasteiger partial charge in [0.05, 0.1) is 4.70 Å². The van der Waals surface area contributed by atoms with E-state index in [2.05, 4.69) is 4.98 Å². The average molecular weight is 215 g/mol. The van der Waals surface area contributed by atoms with Crippen LogP contribution in [0.4, 0.5) is 5.13 Å². The molecule has 0 spiro atoms. The zero-order chi connectivity index (χ0) is 9.59. The first-order chi connectivity index (χ1) is 6.09. The summed E-state index contributed by atoms with van der Waals surface area (Å²) in [5.74, 6) is 0.121. The first-order valence-corrected chi connectivity index (χ1v) is 4.83. The average Bonchev–Trinajstić information content (AvgIpc) is 2.42. The van der Waals surface area contributed by atoms with Crippen molar-refractivity contribution in [1.82, 2.24) is 4.98 Å². The van der Waals surface area contributed by atoms with E-state index >= 15 is 0 Å². The van der Waals surface area contributed by atoms with E-state index in [1.165, 1.54) is 11.3 Å². The molecule has 3 N–H and O–H groups in total. The molecular weight excluding hydrogens is 208 g/mol. The van der Waals surface area contributed by atoms with Crippen molar-refractivity contribution in [2.24, 2.45) is 0 Å². The third-order valence-electron chi connectivity index (χ3n) is 1.87. The number of hydrogen-bond acceptors (Lipinski definition) is 4. The molecule has 0 atom stereocenters. The molecule has 0 radical (unpaired) electrons. The lowest BCUT2D eigenvalue weighted by atomic mass is 10.2. The third-order valence-corrected chi connectivity index (χ3v) is 3.09. The molecule has 5 heteroatoms. The number of hydrogen-bond donors (Lipinski definition) is 2. The van der Waals surface area contributed by atoms with Gasteiger partial charge in [-0.25, -0.2) is 4.98 Å². The zero-order valence-electron chi connectivity index (χ0n) is 6.84. The largest absolute Gasteiger partial charge is 0.505 e. The van der Waals surface area contributed by atoms with E-state index in [-0.39, 0.29) is 5.75 Å². The number of phenols is 1. The summed E-state index contributed by atoms with van der Waals surface area (Å²) in [6.45, 7) is 1.74. The normalized spacial score (nSPS) is 10.9. The predicted molar refractivity (Wildman–Crippen MR) is 55.4 cm³/mol. The lowest BCUT2D eigenvalue weighted by Gasteiger charge is -2.00. The molecule has 0 saturated carbocycles. The quantitative estimate of drug-likeness (QED) is 0.709. The predicted octanol–water partition coefficient (Wildman–Crippen LogP) is 2.55. The topological polar surface area (TPSA) is 59.1 Å². The lowest BCUT2D eigenvalue weighted by Crippen LogP contribution is -1.81. The van der Waals surface area contributed by atoms with Gasteiger partial charge >= 0.3 is 0 Å². The van der Waals surface area contributed by atoms with Gasteiger partial charge in [-0.3, -0.25) is 0 Å². The number of aromatic hydroxyl groups is 1. The molecule has 0 amide bonds. The van der Waals surface area contributed by atoms with Crippen LogP contribution in [-0.4, -0.2) is 10.1 Å². The molecule has 1 aromatic carbocycles. The van der Waals surface area contributed by atoms with Crippen molar-refractivity contribution >= 4 is 38.3 Å². The lowest BCUT2D eigenvalue weighted by molar-refractivity contribution is 0.476. The molecule has 0 fully saturated rings. The molecule has 0 aliphatic carbocycles. The van der Waals surface area contributed by atoms with Crippen LogP contribution in [0.2, 0.25) is 5.02 Å². The Morgan fingerprint density at radius 2 is 2.31 bits per heavy atom. The summed E-state index contributed by atoms with van der Waals surface area (Å²) < 4.78 is 0.811. The molecule has 2 aromatic rings. The Kier molecular flexibility index (Phi) is 1.82. The number of rotatable bonds is 0. The van der Waals surface area contributed by atoms with Gasteiger partial charge in [-0.15, -0.1) is 0 Å². The molecule has 2 rings (SSSR count). The van der Waals surface area contributed by atoms with Gasteiger partial charge in [0.15, 0.2) is 5.13 Å². The molecule has 13 heavy (non-hydrogen) atoms. The molecule has 1 aromatic heterocycles. The van der Waals surface area contributed by atoms with Gasteiger partial charge in [-0.1, -0.05) is 22.9 Å². The first kappa shape index (κ1) is 8.59. The monoisotopic (exact) mass is 214 g/mol. The maximum absolute atomic E-state index is 9.66. The Morgan fingerprint density at radius 3 is 3.00 bits per heavy atom. The van der Waals surface area contributed by atoms with Crippen molar-refractivity contribution in [3.05, 3.63) is 16.7 Å². The van der Waals surface area contributed by atoms with Gasteiger partial charge in [0, 0.05) is 10.6 Å². The summed E-state index contributed by atoms with van der Waals surface area (Å²) in [5.41, 5.74) is 6.68. The SMILES string of the molecule is Cc1c(Cl)cc2sc(N)nc2c1O. The Balaban J connectivity index is 2.92. The van der Waals surface area contributed by atoms with Crippen LogP contribution >= 0.6 is 22.9 Å². The maximum atomic E-state index is 9.66. The Hall–Kier alpha value is -1.00. The molecule has 0 aliphatic heterocycles. The second-order valence-electron chi connectivity index (χ2n) is 2.73. The van der Waals surface area contributed by atoms with Crippen LogP contribution in [0.5, 0.6) is 5.75 Å². The smallest absolute Gasteiger partial charge is 0.181 e. The standard InChI is InChI=1S/C8H7ClN2OS/c1-3-4(9)2-5-6(7(3)12)11-8(10)13-5/h2,12H,1H3,(H2,10,11). The summed E-state index contributed by atoms with van der Waals surface area (Å²) >= 11 is 7.19. The Bertz CT molecular complexity index is 480. The van der Waals surface area contributed by atoms with E-state index in [9.17, 15) is 5.11 Å². The summed E-state index contributed by atoms with van der Waals surface area (Å²) in [5, 5.41) is 10.6. The third kappa shape index (κ3) is 1.22. The minimum atomic E-state index is 0.121. The van der Waals surface area contributed by atoms with Crippen LogP contribution in [0, 0.1) is 6.92 Å². The molecule has 1 heterocycles. The zero-order valence-corrected chi connectivity index (χ0v) is 8.41. The summed E-state index contributed by atoms with van der Waals surface area (Å²) in [6.07, 6.45) is 0. The highest BCUT2D eigenvalue weighted by molar-refractivity contribution is 7.22. The molecular formula is C8H7ClN2OS. The number of phenolic OH excluding ortho intramolecular Hbond substituents is 1. The number of halogens is 1. The number of nitrogen functional groups attached to an aromatic ring is 1. The summed E-state index contributed by atoms with van der Waals surface area (Å²) in [4.78, 5) is 4.00. The van der Waals surface area contributed by atoms with Crippen LogP contribution in [0.25, 0.3) is 10.2 Å². The van der Waals surface area contributed by atoms with Crippen molar-refractivity contribution in [1.29, 1.82) is 0 Å². The molecule has 68 valence electrons. The van der Waals surface area contributed by atoms with Crippen molar-refractivity contribution in [3.8, 4) is 5.75 Å². The number of anilines is 1. The molecule has 0 bridgehead atoms. The summed E-state index contributed by atoms with van der Waals surface area (Å²) in [7, 11) is 0. The van der Waals surface area contributed by atoms with Gasteiger partial charge in [-0.05, 0) is 13.0 Å². The highest BCUT2D eigenvalue weighted by Gasteiger charge is 2.11. The minimum absolute atomic E-state index is 0.121. The van der Waals surface area contributed by atoms with Gasteiger partial charge < -0.3 is 10.8 Å². The number of nitrogens with two attached hydrogens (primary N) is 1.